The maximum Gasteiger partial charge on any atom is 0.0172 e. The van der Waals surface area contributed by atoms with E-state index in [1.807, 2.05) is 36.4 Å². The Hall–Kier alpha value is -1.16. The number of rotatable bonds is 0. The van der Waals surface area contributed by atoms with Gasteiger partial charge in [-0.2, -0.15) is 0 Å². The second kappa shape index (κ2) is 5.96. The van der Waals surface area contributed by atoms with Crippen molar-refractivity contribution in [2.45, 2.75) is 0 Å². The molecule has 0 heterocycles. The molecule has 1 aromatic carbocycles. The van der Waals surface area contributed by atoms with Gasteiger partial charge in [-0.3, -0.25) is 0 Å². The molecular formula is C6H6O3Si-2. The van der Waals surface area contributed by atoms with Crippen molar-refractivity contribution in [2.24, 2.45) is 0 Å². The molecule has 0 unspecified atom stereocenters. The Balaban J connectivity index is 0.000000180. The highest BCUT2D eigenvalue weighted by atomic mass is 28.3. The summed E-state index contributed by atoms with van der Waals surface area (Å²) < 4.78 is 8.52. The summed E-state index contributed by atoms with van der Waals surface area (Å²) in [5.41, 5.74) is 0. The zero-order valence-corrected chi connectivity index (χ0v) is 6.19. The fourth-order valence-corrected chi connectivity index (χ4v) is 0.385. The van der Waals surface area contributed by atoms with Gasteiger partial charge in [0.25, 0.3) is 0 Å². The maximum absolute atomic E-state index is 8.52. The molecule has 0 bridgehead atoms. The number of benzene rings is 1. The summed E-state index contributed by atoms with van der Waals surface area (Å²) in [6.45, 7) is 0. The van der Waals surface area contributed by atoms with Crippen molar-refractivity contribution in [2.75, 3.05) is 0 Å². The monoisotopic (exact) mass is 154 g/mol. The Kier molecular flexibility index (Phi) is 5.27. The standard InChI is InChI=1S/C6H6.O3Si/c1-2-4-6-5-3-1;1-4(2)3/h1-6H;/q;-2. The fourth-order valence-electron chi connectivity index (χ4n) is 0.385. The molecule has 0 amide bonds. The summed E-state index contributed by atoms with van der Waals surface area (Å²) in [6.07, 6.45) is 0. The van der Waals surface area contributed by atoms with Crippen molar-refractivity contribution < 1.29 is 14.1 Å². The highest BCUT2D eigenvalue weighted by molar-refractivity contribution is 6.17. The van der Waals surface area contributed by atoms with Crippen molar-refractivity contribution in [3.8, 4) is 0 Å². The second-order valence-electron chi connectivity index (χ2n) is 1.40. The highest BCUT2D eigenvalue weighted by Gasteiger charge is 1.57. The Morgan fingerprint density at radius 1 is 0.800 bits per heavy atom. The van der Waals surface area contributed by atoms with Gasteiger partial charge in [0.2, 0.25) is 0 Å². The van der Waals surface area contributed by atoms with Gasteiger partial charge < -0.3 is 14.1 Å². The second-order valence-corrected chi connectivity index (χ2v) is 1.90. The van der Waals surface area contributed by atoms with E-state index in [0.29, 0.717) is 0 Å². The molecule has 0 fully saturated rings. The first-order valence-electron chi connectivity index (χ1n) is 2.61. The molecule has 0 aliphatic rings. The van der Waals surface area contributed by atoms with Crippen LogP contribution in [0.2, 0.25) is 0 Å². The first-order chi connectivity index (χ1) is 4.73. The first-order valence-corrected chi connectivity index (χ1v) is 3.84. The van der Waals surface area contributed by atoms with Crippen LogP contribution in [-0.2, 0) is 4.46 Å². The van der Waals surface area contributed by atoms with Gasteiger partial charge >= 0.3 is 0 Å². The SMILES string of the molecule is O=[Si]([O-])[O-].c1ccccc1. The van der Waals surface area contributed by atoms with Crippen molar-refractivity contribution >= 4 is 9.17 Å². The molecule has 1 rings (SSSR count). The Bertz CT molecular complexity index is 145. The van der Waals surface area contributed by atoms with Crippen LogP contribution in [0, 0.1) is 0 Å². The van der Waals surface area contributed by atoms with Gasteiger partial charge in [-0.1, -0.05) is 36.4 Å². The van der Waals surface area contributed by atoms with Crippen molar-refractivity contribution in [1.29, 1.82) is 0 Å². The minimum atomic E-state index is -3.63. The lowest BCUT2D eigenvalue weighted by Gasteiger charge is -1.94. The van der Waals surface area contributed by atoms with E-state index in [0.717, 1.165) is 0 Å². The van der Waals surface area contributed by atoms with Gasteiger partial charge in [-0.05, 0) is 0 Å². The van der Waals surface area contributed by atoms with Gasteiger partial charge in [0, 0.05) is 9.17 Å². The molecule has 0 atom stereocenters. The summed E-state index contributed by atoms with van der Waals surface area (Å²) >= 11 is 0. The molecule has 4 heteroatoms. The predicted molar refractivity (Wildman–Crippen MR) is 32.9 cm³/mol. The number of hydrogen-bond donors (Lipinski definition) is 0. The lowest BCUT2D eigenvalue weighted by Crippen LogP contribution is -2.34. The van der Waals surface area contributed by atoms with Crippen LogP contribution in [0.5, 0.6) is 0 Å². The lowest BCUT2D eigenvalue weighted by atomic mass is 10.4. The molecule has 0 N–H and O–H groups in total. The van der Waals surface area contributed by atoms with E-state index in [2.05, 4.69) is 0 Å². The van der Waals surface area contributed by atoms with E-state index in [1.165, 1.54) is 0 Å². The van der Waals surface area contributed by atoms with Crippen LogP contribution in [0.25, 0.3) is 0 Å². The van der Waals surface area contributed by atoms with E-state index in [-0.39, 0.29) is 0 Å². The maximum atomic E-state index is 8.52. The first kappa shape index (κ1) is 8.84. The molecule has 0 saturated carbocycles. The molecule has 0 aliphatic heterocycles. The van der Waals surface area contributed by atoms with Gasteiger partial charge in [0.15, 0.2) is 0 Å². The van der Waals surface area contributed by atoms with Crippen LogP contribution in [0.3, 0.4) is 0 Å². The average Bonchev–Trinajstić information content (AvgIpc) is 1.90. The molecule has 1 aromatic rings. The van der Waals surface area contributed by atoms with Gasteiger partial charge in [0.05, 0.1) is 0 Å². The molecule has 10 heavy (non-hydrogen) atoms. The molecule has 0 spiro atoms. The molecule has 0 aliphatic carbocycles. The normalized spacial score (nSPS) is 7.20. The molecule has 0 saturated heterocycles. The van der Waals surface area contributed by atoms with Crippen LogP contribution in [0.1, 0.15) is 0 Å². The number of hydrogen-bond acceptors (Lipinski definition) is 3. The van der Waals surface area contributed by atoms with Crippen LogP contribution in [-0.4, -0.2) is 9.17 Å². The minimum absolute atomic E-state index is 2.00. The third-order valence-electron chi connectivity index (χ3n) is 0.667. The smallest absolute Gasteiger partial charge is 0.0172 e. The summed E-state index contributed by atoms with van der Waals surface area (Å²) in [4.78, 5) is 17.0. The van der Waals surface area contributed by atoms with E-state index in [4.69, 9.17) is 14.1 Å². The topological polar surface area (TPSA) is 63.2 Å². The average molecular weight is 154 g/mol. The Morgan fingerprint density at radius 3 is 1.00 bits per heavy atom. The van der Waals surface area contributed by atoms with E-state index < -0.39 is 9.17 Å². The van der Waals surface area contributed by atoms with Gasteiger partial charge in [-0.15, -0.1) is 0 Å². The largest absolute Gasteiger partial charge is 0.672 e. The third kappa shape index (κ3) is 9.96. The van der Waals surface area contributed by atoms with Crippen molar-refractivity contribution in [1.82, 2.24) is 0 Å². The van der Waals surface area contributed by atoms with Gasteiger partial charge in [0.1, 0.15) is 0 Å². The van der Waals surface area contributed by atoms with Crippen LogP contribution < -0.4 is 9.59 Å². The van der Waals surface area contributed by atoms with E-state index in [9.17, 15) is 0 Å². The van der Waals surface area contributed by atoms with Crippen molar-refractivity contribution in [3.05, 3.63) is 36.4 Å². The van der Waals surface area contributed by atoms with E-state index in [1.54, 1.807) is 0 Å². The van der Waals surface area contributed by atoms with Gasteiger partial charge in [-0.25, -0.2) is 0 Å². The zero-order valence-electron chi connectivity index (χ0n) is 5.19. The highest BCUT2D eigenvalue weighted by Crippen LogP contribution is 1.79. The molecule has 0 aromatic heterocycles. The molecular weight excluding hydrogens is 148 g/mol. The predicted octanol–water partition coefficient (Wildman–Crippen LogP) is -1.19. The van der Waals surface area contributed by atoms with Crippen LogP contribution in [0.4, 0.5) is 0 Å². The van der Waals surface area contributed by atoms with Crippen molar-refractivity contribution in [3.63, 3.8) is 0 Å². The van der Waals surface area contributed by atoms with Crippen LogP contribution >= 0.6 is 0 Å². The third-order valence-corrected chi connectivity index (χ3v) is 0.667. The fraction of sp³-hybridized carbons (Fsp3) is 0. The lowest BCUT2D eigenvalue weighted by molar-refractivity contribution is -0.354. The molecule has 0 radical (unpaired) electrons. The minimum Gasteiger partial charge on any atom is -0.672 e. The summed E-state index contributed by atoms with van der Waals surface area (Å²) in [6, 6.07) is 12.0. The summed E-state index contributed by atoms with van der Waals surface area (Å²) in [5.74, 6) is 0. The Morgan fingerprint density at radius 2 is 0.900 bits per heavy atom. The Labute approximate surface area is 60.5 Å². The summed E-state index contributed by atoms with van der Waals surface area (Å²) in [5, 5.41) is 0. The quantitative estimate of drug-likeness (QED) is 0.441. The molecule has 54 valence electrons. The van der Waals surface area contributed by atoms with E-state index >= 15 is 0 Å². The summed E-state index contributed by atoms with van der Waals surface area (Å²) in [7, 11) is -3.63. The molecule has 3 nitrogen and oxygen atoms in total. The van der Waals surface area contributed by atoms with Crippen LogP contribution in [0.15, 0.2) is 36.4 Å². The zero-order chi connectivity index (χ0) is 7.82.